The highest BCUT2D eigenvalue weighted by Gasteiger charge is 2.05. The standard InChI is InChI=1S/C10H12Cl2O2/c1-7-2-3-9(12)10(4-7)14-6-8(13)5-11/h2-4,8,13H,5-6H2,1H3/t8-/m0/s1. The van der Waals surface area contributed by atoms with Crippen molar-refractivity contribution in [2.45, 2.75) is 13.0 Å². The molecule has 0 fully saturated rings. The lowest BCUT2D eigenvalue weighted by atomic mass is 10.2. The summed E-state index contributed by atoms with van der Waals surface area (Å²) in [7, 11) is 0. The van der Waals surface area contributed by atoms with Crippen molar-refractivity contribution in [3.05, 3.63) is 28.8 Å². The van der Waals surface area contributed by atoms with Crippen LogP contribution in [0.25, 0.3) is 0 Å². The van der Waals surface area contributed by atoms with Gasteiger partial charge in [0.25, 0.3) is 0 Å². The molecule has 1 aromatic carbocycles. The normalized spacial score (nSPS) is 12.6. The zero-order valence-electron chi connectivity index (χ0n) is 7.84. The number of hydrogen-bond donors (Lipinski definition) is 1. The van der Waals surface area contributed by atoms with Gasteiger partial charge < -0.3 is 9.84 Å². The summed E-state index contributed by atoms with van der Waals surface area (Å²) in [6, 6.07) is 5.48. The molecule has 1 N–H and O–H groups in total. The van der Waals surface area contributed by atoms with Crippen LogP contribution in [0.1, 0.15) is 5.56 Å². The molecular weight excluding hydrogens is 223 g/mol. The van der Waals surface area contributed by atoms with Gasteiger partial charge in [0, 0.05) is 0 Å². The Morgan fingerprint density at radius 2 is 2.21 bits per heavy atom. The summed E-state index contributed by atoms with van der Waals surface area (Å²) < 4.78 is 5.30. The monoisotopic (exact) mass is 234 g/mol. The van der Waals surface area contributed by atoms with Crippen LogP contribution in [-0.4, -0.2) is 23.7 Å². The fraction of sp³-hybridized carbons (Fsp3) is 0.400. The van der Waals surface area contributed by atoms with Gasteiger partial charge in [-0.25, -0.2) is 0 Å². The molecule has 0 unspecified atom stereocenters. The third-order valence-electron chi connectivity index (χ3n) is 1.70. The molecule has 1 aromatic rings. The number of aliphatic hydroxyl groups excluding tert-OH is 1. The molecule has 78 valence electrons. The van der Waals surface area contributed by atoms with Gasteiger partial charge in [0.05, 0.1) is 10.9 Å². The van der Waals surface area contributed by atoms with Crippen LogP contribution in [0.2, 0.25) is 5.02 Å². The first-order chi connectivity index (χ1) is 6.63. The lowest BCUT2D eigenvalue weighted by Gasteiger charge is -2.11. The molecule has 0 aliphatic rings. The van der Waals surface area contributed by atoms with E-state index in [0.717, 1.165) is 5.56 Å². The first-order valence-corrected chi connectivity index (χ1v) is 5.17. The first-order valence-electron chi connectivity index (χ1n) is 4.26. The van der Waals surface area contributed by atoms with Crippen LogP contribution in [-0.2, 0) is 0 Å². The molecule has 1 atom stereocenters. The molecule has 1 rings (SSSR count). The Hall–Kier alpha value is -0.440. The van der Waals surface area contributed by atoms with Gasteiger partial charge in [-0.15, -0.1) is 11.6 Å². The van der Waals surface area contributed by atoms with Gasteiger partial charge in [-0.05, 0) is 24.6 Å². The lowest BCUT2D eigenvalue weighted by Crippen LogP contribution is -2.18. The molecule has 2 nitrogen and oxygen atoms in total. The highest BCUT2D eigenvalue weighted by molar-refractivity contribution is 6.32. The largest absolute Gasteiger partial charge is 0.489 e. The zero-order chi connectivity index (χ0) is 10.6. The van der Waals surface area contributed by atoms with Crippen LogP contribution >= 0.6 is 23.2 Å². The third kappa shape index (κ3) is 3.37. The van der Waals surface area contributed by atoms with Crippen molar-refractivity contribution in [1.29, 1.82) is 0 Å². The van der Waals surface area contributed by atoms with Crippen molar-refractivity contribution in [2.24, 2.45) is 0 Å². The number of ether oxygens (including phenoxy) is 1. The highest BCUT2D eigenvalue weighted by atomic mass is 35.5. The molecular formula is C10H12Cl2O2. The number of alkyl halides is 1. The molecule has 0 spiro atoms. The van der Waals surface area contributed by atoms with Crippen molar-refractivity contribution in [3.63, 3.8) is 0 Å². The van der Waals surface area contributed by atoms with Crippen LogP contribution in [0.3, 0.4) is 0 Å². The minimum absolute atomic E-state index is 0.156. The van der Waals surface area contributed by atoms with Crippen LogP contribution in [0, 0.1) is 6.92 Å². The second-order valence-electron chi connectivity index (χ2n) is 3.05. The summed E-state index contributed by atoms with van der Waals surface area (Å²) in [6.07, 6.45) is -0.659. The Morgan fingerprint density at radius 3 is 2.86 bits per heavy atom. The van der Waals surface area contributed by atoms with E-state index in [1.165, 1.54) is 0 Å². The Kier molecular flexibility index (Phi) is 4.52. The number of benzene rings is 1. The Labute approximate surface area is 93.4 Å². The molecule has 0 aliphatic heterocycles. The van der Waals surface area contributed by atoms with Crippen molar-refractivity contribution in [1.82, 2.24) is 0 Å². The quantitative estimate of drug-likeness (QED) is 0.813. The highest BCUT2D eigenvalue weighted by Crippen LogP contribution is 2.25. The van der Waals surface area contributed by atoms with Crippen LogP contribution in [0.5, 0.6) is 5.75 Å². The molecule has 14 heavy (non-hydrogen) atoms. The van der Waals surface area contributed by atoms with Crippen LogP contribution < -0.4 is 4.74 Å². The predicted molar refractivity (Wildman–Crippen MR) is 58.4 cm³/mol. The fourth-order valence-corrected chi connectivity index (χ4v) is 1.21. The maximum Gasteiger partial charge on any atom is 0.138 e. The van der Waals surface area contributed by atoms with E-state index < -0.39 is 6.10 Å². The summed E-state index contributed by atoms with van der Waals surface area (Å²) in [5.41, 5.74) is 1.06. The second kappa shape index (κ2) is 5.44. The van der Waals surface area contributed by atoms with E-state index in [0.29, 0.717) is 10.8 Å². The summed E-state index contributed by atoms with van der Waals surface area (Å²) in [5, 5.41) is 9.72. The number of hydrogen-bond acceptors (Lipinski definition) is 2. The smallest absolute Gasteiger partial charge is 0.138 e. The predicted octanol–water partition coefficient (Wildman–Crippen LogP) is 2.63. The maximum absolute atomic E-state index is 9.18. The molecule has 0 amide bonds. The third-order valence-corrected chi connectivity index (χ3v) is 2.36. The van der Waals surface area contributed by atoms with E-state index in [4.69, 9.17) is 27.9 Å². The number of aliphatic hydroxyl groups is 1. The zero-order valence-corrected chi connectivity index (χ0v) is 9.35. The molecule has 0 bridgehead atoms. The van der Waals surface area contributed by atoms with E-state index in [1.54, 1.807) is 6.07 Å². The topological polar surface area (TPSA) is 29.5 Å². The van der Waals surface area contributed by atoms with Gasteiger partial charge in [-0.1, -0.05) is 17.7 Å². The van der Waals surface area contributed by atoms with Crippen molar-refractivity contribution < 1.29 is 9.84 Å². The molecule has 0 saturated heterocycles. The molecule has 0 radical (unpaired) electrons. The number of rotatable bonds is 4. The van der Waals surface area contributed by atoms with Crippen molar-refractivity contribution in [3.8, 4) is 5.75 Å². The van der Waals surface area contributed by atoms with Gasteiger partial charge in [0.1, 0.15) is 18.5 Å². The average Bonchev–Trinajstić information content (AvgIpc) is 2.19. The van der Waals surface area contributed by atoms with Gasteiger partial charge in [-0.2, -0.15) is 0 Å². The summed E-state index contributed by atoms with van der Waals surface area (Å²) in [4.78, 5) is 0. The van der Waals surface area contributed by atoms with Crippen LogP contribution in [0.4, 0.5) is 0 Å². The van der Waals surface area contributed by atoms with Gasteiger partial charge >= 0.3 is 0 Å². The molecule has 0 heterocycles. The molecule has 0 saturated carbocycles. The van der Waals surface area contributed by atoms with E-state index in [9.17, 15) is 5.11 Å². The molecule has 0 aromatic heterocycles. The number of halogens is 2. The van der Waals surface area contributed by atoms with E-state index in [2.05, 4.69) is 0 Å². The SMILES string of the molecule is Cc1ccc(Cl)c(OC[C@@H](O)CCl)c1. The van der Waals surface area contributed by atoms with Crippen molar-refractivity contribution >= 4 is 23.2 Å². The minimum atomic E-state index is -0.659. The maximum atomic E-state index is 9.18. The van der Waals surface area contributed by atoms with Crippen LogP contribution in [0.15, 0.2) is 18.2 Å². The summed E-state index contributed by atoms with van der Waals surface area (Å²) >= 11 is 11.3. The first kappa shape index (κ1) is 11.6. The van der Waals surface area contributed by atoms with Crippen molar-refractivity contribution in [2.75, 3.05) is 12.5 Å². The Balaban J connectivity index is 2.62. The van der Waals surface area contributed by atoms with Gasteiger partial charge in [0.2, 0.25) is 0 Å². The molecule has 4 heteroatoms. The van der Waals surface area contributed by atoms with Gasteiger partial charge in [-0.3, -0.25) is 0 Å². The Morgan fingerprint density at radius 1 is 1.50 bits per heavy atom. The summed E-state index contributed by atoms with van der Waals surface area (Å²) in [5.74, 6) is 0.736. The minimum Gasteiger partial charge on any atom is -0.489 e. The molecule has 0 aliphatic carbocycles. The summed E-state index contributed by atoms with van der Waals surface area (Å²) in [6.45, 7) is 2.10. The fourth-order valence-electron chi connectivity index (χ4n) is 0.952. The average molecular weight is 235 g/mol. The Bertz CT molecular complexity index is 302. The van der Waals surface area contributed by atoms with E-state index in [1.807, 2.05) is 19.1 Å². The van der Waals surface area contributed by atoms with Gasteiger partial charge in [0.15, 0.2) is 0 Å². The lowest BCUT2D eigenvalue weighted by molar-refractivity contribution is 0.125. The van der Waals surface area contributed by atoms with E-state index >= 15 is 0 Å². The van der Waals surface area contributed by atoms with E-state index in [-0.39, 0.29) is 12.5 Å². The number of aryl methyl sites for hydroxylation is 1. The second-order valence-corrected chi connectivity index (χ2v) is 3.77.